The van der Waals surface area contributed by atoms with Gasteiger partial charge in [0.25, 0.3) is 11.9 Å². The van der Waals surface area contributed by atoms with Crippen molar-refractivity contribution >= 4 is 6.02 Å². The zero-order valence-electron chi connectivity index (χ0n) is 10.1. The molecule has 1 N–H and O–H groups in total. The Morgan fingerprint density at radius 2 is 1.81 bits per heavy atom. The van der Waals surface area contributed by atoms with Crippen LogP contribution in [-0.2, 0) is 4.74 Å². The van der Waals surface area contributed by atoms with Gasteiger partial charge in [-0.15, -0.1) is 0 Å². The van der Waals surface area contributed by atoms with E-state index >= 15 is 0 Å². The molecule has 1 aliphatic rings. The van der Waals surface area contributed by atoms with E-state index < -0.39 is 5.92 Å². The Bertz CT molecular complexity index is 251. The van der Waals surface area contributed by atoms with Gasteiger partial charge in [0.15, 0.2) is 0 Å². The molecule has 1 aliphatic heterocycles. The molecule has 0 aromatic carbocycles. The zero-order chi connectivity index (χ0) is 12.4. The van der Waals surface area contributed by atoms with Crippen molar-refractivity contribution in [3.63, 3.8) is 0 Å². The highest BCUT2D eigenvalue weighted by atomic mass is 19.3. The van der Waals surface area contributed by atoms with E-state index in [-0.39, 0.29) is 37.4 Å². The number of nitrogens with one attached hydrogen (secondary N) is 1. The summed E-state index contributed by atoms with van der Waals surface area (Å²) >= 11 is 0. The molecule has 5 heteroatoms. The lowest BCUT2D eigenvalue weighted by atomic mass is 9.99. The highest BCUT2D eigenvalue weighted by Crippen LogP contribution is 2.27. The van der Waals surface area contributed by atoms with Crippen LogP contribution >= 0.6 is 0 Å². The standard InChI is InChI=1S/C11H20F2N2O/c1-10(2,3)8-16-9(14)15-6-4-11(12,13)5-7-15/h14H,4-8H2,1-3H3. The molecule has 0 saturated carbocycles. The second-order valence-corrected chi connectivity index (χ2v) is 5.50. The minimum atomic E-state index is -2.57. The maximum Gasteiger partial charge on any atom is 0.284 e. The summed E-state index contributed by atoms with van der Waals surface area (Å²) in [6, 6.07) is 0.0189. The number of rotatable bonds is 1. The van der Waals surface area contributed by atoms with Gasteiger partial charge in [0, 0.05) is 25.9 Å². The van der Waals surface area contributed by atoms with Gasteiger partial charge in [-0.1, -0.05) is 20.8 Å². The third kappa shape index (κ3) is 4.33. The van der Waals surface area contributed by atoms with Crippen LogP contribution in [0.2, 0.25) is 0 Å². The summed E-state index contributed by atoms with van der Waals surface area (Å²) in [4.78, 5) is 1.57. The van der Waals surface area contributed by atoms with Crippen LogP contribution in [-0.4, -0.2) is 36.5 Å². The number of amidine groups is 1. The number of nitrogens with zero attached hydrogens (tertiary/aromatic N) is 1. The van der Waals surface area contributed by atoms with Crippen LogP contribution < -0.4 is 0 Å². The molecular weight excluding hydrogens is 214 g/mol. The largest absolute Gasteiger partial charge is 0.465 e. The molecule has 1 heterocycles. The molecule has 0 aromatic rings. The zero-order valence-corrected chi connectivity index (χ0v) is 10.1. The molecule has 1 rings (SSSR count). The van der Waals surface area contributed by atoms with E-state index in [9.17, 15) is 8.78 Å². The van der Waals surface area contributed by atoms with Crippen molar-refractivity contribution in [2.24, 2.45) is 5.41 Å². The van der Waals surface area contributed by atoms with Gasteiger partial charge in [0.05, 0.1) is 6.61 Å². The molecule has 3 nitrogen and oxygen atoms in total. The number of hydrogen-bond acceptors (Lipinski definition) is 2. The van der Waals surface area contributed by atoms with Crippen molar-refractivity contribution in [2.45, 2.75) is 39.5 Å². The fourth-order valence-electron chi connectivity index (χ4n) is 1.41. The van der Waals surface area contributed by atoms with E-state index in [1.165, 1.54) is 0 Å². The van der Waals surface area contributed by atoms with Crippen molar-refractivity contribution in [3.05, 3.63) is 0 Å². The molecule has 94 valence electrons. The number of alkyl halides is 2. The SMILES string of the molecule is CC(C)(C)COC(=N)N1CCC(F)(F)CC1. The molecule has 0 atom stereocenters. The van der Waals surface area contributed by atoms with Crippen LogP contribution in [0.25, 0.3) is 0 Å². The Hall–Kier alpha value is -0.870. The van der Waals surface area contributed by atoms with Gasteiger partial charge in [-0.05, 0) is 5.41 Å². The lowest BCUT2D eigenvalue weighted by molar-refractivity contribution is -0.0476. The van der Waals surface area contributed by atoms with E-state index in [1.807, 2.05) is 20.8 Å². The van der Waals surface area contributed by atoms with Gasteiger partial charge in [0.2, 0.25) is 0 Å². The minimum absolute atomic E-state index is 0.0189. The molecule has 0 bridgehead atoms. The average Bonchev–Trinajstić information content (AvgIpc) is 2.13. The smallest absolute Gasteiger partial charge is 0.284 e. The Labute approximate surface area is 95.3 Å². The van der Waals surface area contributed by atoms with Crippen LogP contribution in [0, 0.1) is 10.8 Å². The lowest BCUT2D eigenvalue weighted by Crippen LogP contribution is -2.43. The summed E-state index contributed by atoms with van der Waals surface area (Å²) < 4.78 is 31.0. The first-order chi connectivity index (χ1) is 7.20. The first kappa shape index (κ1) is 13.2. The van der Waals surface area contributed by atoms with Gasteiger partial charge in [-0.25, -0.2) is 8.78 Å². The summed E-state index contributed by atoms with van der Waals surface area (Å²) in [5.74, 6) is -2.57. The van der Waals surface area contributed by atoms with Gasteiger partial charge < -0.3 is 9.64 Å². The van der Waals surface area contributed by atoms with Crippen LogP contribution in [0.3, 0.4) is 0 Å². The monoisotopic (exact) mass is 234 g/mol. The molecule has 16 heavy (non-hydrogen) atoms. The fraction of sp³-hybridized carbons (Fsp3) is 0.909. The third-order valence-electron chi connectivity index (χ3n) is 2.42. The molecule has 1 fully saturated rings. The normalized spacial score (nSPS) is 20.7. The molecular formula is C11H20F2N2O. The number of hydrogen-bond donors (Lipinski definition) is 1. The lowest BCUT2D eigenvalue weighted by Gasteiger charge is -2.33. The van der Waals surface area contributed by atoms with Crippen LogP contribution in [0.4, 0.5) is 8.78 Å². The van der Waals surface area contributed by atoms with Gasteiger partial charge in [-0.2, -0.15) is 0 Å². The third-order valence-corrected chi connectivity index (χ3v) is 2.42. The van der Waals surface area contributed by atoms with E-state index in [4.69, 9.17) is 10.1 Å². The van der Waals surface area contributed by atoms with E-state index in [0.29, 0.717) is 6.61 Å². The molecule has 0 aliphatic carbocycles. The molecule has 0 amide bonds. The summed E-state index contributed by atoms with van der Waals surface area (Å²) in [7, 11) is 0. The predicted octanol–water partition coefficient (Wildman–Crippen LogP) is 2.71. The van der Waals surface area contributed by atoms with Gasteiger partial charge >= 0.3 is 0 Å². The predicted molar refractivity (Wildman–Crippen MR) is 58.9 cm³/mol. The quantitative estimate of drug-likeness (QED) is 0.559. The summed E-state index contributed by atoms with van der Waals surface area (Å²) in [6.07, 6.45) is -0.373. The highest BCUT2D eigenvalue weighted by Gasteiger charge is 2.35. The second kappa shape index (κ2) is 4.55. The van der Waals surface area contributed by atoms with Crippen molar-refractivity contribution < 1.29 is 13.5 Å². The Kier molecular flexibility index (Phi) is 3.76. The van der Waals surface area contributed by atoms with E-state index in [0.717, 1.165) is 0 Å². The van der Waals surface area contributed by atoms with Gasteiger partial charge in [0.1, 0.15) is 0 Å². The van der Waals surface area contributed by atoms with E-state index in [1.54, 1.807) is 4.90 Å². The highest BCUT2D eigenvalue weighted by molar-refractivity contribution is 5.70. The van der Waals surface area contributed by atoms with Crippen LogP contribution in [0.5, 0.6) is 0 Å². The maximum atomic E-state index is 12.9. The molecule has 0 radical (unpaired) electrons. The number of halogens is 2. The van der Waals surface area contributed by atoms with Crippen LogP contribution in [0.15, 0.2) is 0 Å². The molecule has 0 spiro atoms. The molecule has 0 aromatic heterocycles. The number of piperidine rings is 1. The minimum Gasteiger partial charge on any atom is -0.465 e. The van der Waals surface area contributed by atoms with Crippen LogP contribution in [0.1, 0.15) is 33.6 Å². The second-order valence-electron chi connectivity index (χ2n) is 5.50. The van der Waals surface area contributed by atoms with Crippen molar-refractivity contribution in [3.8, 4) is 0 Å². The first-order valence-corrected chi connectivity index (χ1v) is 5.54. The number of likely N-dealkylation sites (tertiary alicyclic amines) is 1. The molecule has 1 saturated heterocycles. The fourth-order valence-corrected chi connectivity index (χ4v) is 1.41. The Balaban J connectivity index is 2.34. The average molecular weight is 234 g/mol. The Morgan fingerprint density at radius 1 is 1.31 bits per heavy atom. The van der Waals surface area contributed by atoms with Crippen molar-refractivity contribution in [1.29, 1.82) is 5.41 Å². The van der Waals surface area contributed by atoms with Crippen molar-refractivity contribution in [2.75, 3.05) is 19.7 Å². The van der Waals surface area contributed by atoms with Crippen molar-refractivity contribution in [1.82, 2.24) is 4.90 Å². The molecule has 0 unspecified atom stereocenters. The first-order valence-electron chi connectivity index (χ1n) is 5.54. The summed E-state index contributed by atoms with van der Waals surface area (Å²) in [6.45, 7) is 6.85. The maximum absolute atomic E-state index is 12.9. The van der Waals surface area contributed by atoms with E-state index in [2.05, 4.69) is 0 Å². The van der Waals surface area contributed by atoms with Gasteiger partial charge in [-0.3, -0.25) is 5.41 Å². The summed E-state index contributed by atoms with van der Waals surface area (Å²) in [5.41, 5.74) is -0.0218. The number of ether oxygens (including phenoxy) is 1. The topological polar surface area (TPSA) is 36.3 Å². The summed E-state index contributed by atoms with van der Waals surface area (Å²) in [5, 5.41) is 7.65. The Morgan fingerprint density at radius 3 is 2.25 bits per heavy atom.